The van der Waals surface area contributed by atoms with Crippen molar-refractivity contribution in [1.29, 1.82) is 0 Å². The van der Waals surface area contributed by atoms with Crippen LogP contribution in [0.4, 0.5) is 15.3 Å². The molecule has 1 aliphatic heterocycles. The quantitative estimate of drug-likeness (QED) is 0.636. The minimum absolute atomic E-state index is 0.197. The van der Waals surface area contributed by atoms with Crippen molar-refractivity contribution in [3.05, 3.63) is 53.6 Å². The van der Waals surface area contributed by atoms with E-state index in [4.69, 9.17) is 4.74 Å². The average molecular weight is 447 g/mol. The maximum Gasteiger partial charge on any atom is 0.414 e. The fraction of sp³-hybridized carbons (Fsp3) is 0.333. The maximum atomic E-state index is 12.8. The highest BCUT2D eigenvalue weighted by molar-refractivity contribution is 5.94. The maximum absolute atomic E-state index is 12.8. The highest BCUT2D eigenvalue weighted by atomic mass is 16.6. The first-order valence-electron chi connectivity index (χ1n) is 11.1. The molecular weight excluding hydrogens is 420 g/mol. The number of ether oxygens (including phenoxy) is 1. The standard InChI is InChI=1S/C24H26N6O3/c1-29(2)24(32)33-17-6-3-5-16(13-17)27-23(31)30-11-9-15(10-12-30)21-20-18-7-4-8-19(18)28-22(20)26-14-25-21/h3,5-6,9,13-14H,4,7-8,10-12H2,1-2H3,(H,27,31)(H,25,26,28). The number of rotatable bonds is 3. The Labute approximate surface area is 191 Å². The summed E-state index contributed by atoms with van der Waals surface area (Å²) in [5, 5.41) is 4.03. The molecular formula is C24H26N6O3. The summed E-state index contributed by atoms with van der Waals surface area (Å²) in [4.78, 5) is 40.1. The highest BCUT2D eigenvalue weighted by Crippen LogP contribution is 2.34. The minimum atomic E-state index is -0.473. The van der Waals surface area contributed by atoms with E-state index in [1.165, 1.54) is 16.2 Å². The van der Waals surface area contributed by atoms with Crippen LogP contribution in [0.15, 0.2) is 36.7 Å². The zero-order chi connectivity index (χ0) is 22.9. The number of anilines is 1. The van der Waals surface area contributed by atoms with Crippen LogP contribution in [-0.4, -0.2) is 64.1 Å². The number of aryl methyl sites for hydroxylation is 2. The van der Waals surface area contributed by atoms with Gasteiger partial charge in [0.25, 0.3) is 0 Å². The van der Waals surface area contributed by atoms with Crippen LogP contribution >= 0.6 is 0 Å². The van der Waals surface area contributed by atoms with Gasteiger partial charge in [0.05, 0.1) is 5.69 Å². The van der Waals surface area contributed by atoms with Gasteiger partial charge in [0.1, 0.15) is 17.7 Å². The number of carbonyl (C=O) groups is 2. The number of benzene rings is 1. The number of hydrogen-bond acceptors (Lipinski definition) is 5. The molecule has 0 saturated heterocycles. The lowest BCUT2D eigenvalue weighted by Crippen LogP contribution is -2.38. The van der Waals surface area contributed by atoms with Gasteiger partial charge in [-0.3, -0.25) is 0 Å². The molecule has 0 atom stereocenters. The highest BCUT2D eigenvalue weighted by Gasteiger charge is 2.24. The van der Waals surface area contributed by atoms with Gasteiger partial charge in [0.2, 0.25) is 0 Å². The molecule has 0 fully saturated rings. The molecule has 0 saturated carbocycles. The van der Waals surface area contributed by atoms with E-state index >= 15 is 0 Å². The summed E-state index contributed by atoms with van der Waals surface area (Å²) in [6, 6.07) is 6.61. The summed E-state index contributed by atoms with van der Waals surface area (Å²) < 4.78 is 5.26. The Balaban J connectivity index is 1.28. The van der Waals surface area contributed by atoms with Crippen LogP contribution in [-0.2, 0) is 12.8 Å². The largest absolute Gasteiger partial charge is 0.414 e. The van der Waals surface area contributed by atoms with E-state index < -0.39 is 6.09 Å². The summed E-state index contributed by atoms with van der Waals surface area (Å²) >= 11 is 0. The van der Waals surface area contributed by atoms with Crippen LogP contribution in [0.1, 0.15) is 29.8 Å². The molecule has 33 heavy (non-hydrogen) atoms. The van der Waals surface area contributed by atoms with Gasteiger partial charge >= 0.3 is 12.1 Å². The number of amides is 3. The number of hydrogen-bond donors (Lipinski definition) is 2. The van der Waals surface area contributed by atoms with Crippen LogP contribution in [0.5, 0.6) is 5.75 Å². The molecule has 5 rings (SSSR count). The summed E-state index contributed by atoms with van der Waals surface area (Å²) in [6.07, 6.45) is 7.22. The molecule has 2 N–H and O–H groups in total. The molecule has 0 bridgehead atoms. The van der Waals surface area contributed by atoms with Crippen molar-refractivity contribution in [2.75, 3.05) is 32.5 Å². The van der Waals surface area contributed by atoms with Gasteiger partial charge in [-0.25, -0.2) is 19.6 Å². The normalized spacial score (nSPS) is 15.2. The van der Waals surface area contributed by atoms with E-state index in [9.17, 15) is 9.59 Å². The second-order valence-corrected chi connectivity index (χ2v) is 8.53. The van der Waals surface area contributed by atoms with Gasteiger partial charge in [0.15, 0.2) is 0 Å². The van der Waals surface area contributed by atoms with Crippen LogP contribution in [0.2, 0.25) is 0 Å². The summed E-state index contributed by atoms with van der Waals surface area (Å²) in [7, 11) is 3.23. The first-order chi connectivity index (χ1) is 16.0. The lowest BCUT2D eigenvalue weighted by atomic mass is 10.00. The van der Waals surface area contributed by atoms with Crippen LogP contribution < -0.4 is 10.1 Å². The monoisotopic (exact) mass is 446 g/mol. The number of nitrogens with one attached hydrogen (secondary N) is 2. The Morgan fingerprint density at radius 1 is 1.18 bits per heavy atom. The third-order valence-electron chi connectivity index (χ3n) is 6.09. The van der Waals surface area contributed by atoms with E-state index in [1.807, 2.05) is 0 Å². The zero-order valence-corrected chi connectivity index (χ0v) is 18.7. The first kappa shape index (κ1) is 21.0. The fourth-order valence-electron chi connectivity index (χ4n) is 4.41. The van der Waals surface area contributed by atoms with Gasteiger partial charge in [-0.05, 0) is 49.0 Å². The van der Waals surface area contributed by atoms with Crippen molar-refractivity contribution >= 4 is 34.4 Å². The van der Waals surface area contributed by atoms with Crippen molar-refractivity contribution in [3.8, 4) is 5.75 Å². The van der Waals surface area contributed by atoms with Gasteiger partial charge in [-0.2, -0.15) is 0 Å². The zero-order valence-electron chi connectivity index (χ0n) is 18.7. The number of fused-ring (bicyclic) bond motifs is 3. The van der Waals surface area contributed by atoms with E-state index in [-0.39, 0.29) is 6.03 Å². The molecule has 0 unspecified atom stereocenters. The molecule has 9 nitrogen and oxygen atoms in total. The first-order valence-corrected chi connectivity index (χ1v) is 11.1. The molecule has 0 radical (unpaired) electrons. The Morgan fingerprint density at radius 3 is 2.85 bits per heavy atom. The van der Waals surface area contributed by atoms with Crippen LogP contribution in [0.3, 0.4) is 0 Å². The van der Waals surface area contributed by atoms with E-state index in [0.717, 1.165) is 48.0 Å². The molecule has 1 aromatic carbocycles. The van der Waals surface area contributed by atoms with Crippen LogP contribution in [0, 0.1) is 0 Å². The molecule has 2 aromatic heterocycles. The molecule has 0 spiro atoms. The van der Waals surface area contributed by atoms with Crippen molar-refractivity contribution < 1.29 is 14.3 Å². The van der Waals surface area contributed by atoms with Crippen molar-refractivity contribution in [3.63, 3.8) is 0 Å². The molecule has 1 aliphatic carbocycles. The summed E-state index contributed by atoms with van der Waals surface area (Å²) in [5.41, 5.74) is 6.23. The second-order valence-electron chi connectivity index (χ2n) is 8.53. The molecule has 2 aliphatic rings. The van der Waals surface area contributed by atoms with Crippen LogP contribution in [0.25, 0.3) is 16.6 Å². The third-order valence-corrected chi connectivity index (χ3v) is 6.09. The number of aromatic nitrogens is 3. The number of H-pyrrole nitrogens is 1. The SMILES string of the molecule is CN(C)C(=O)Oc1cccc(NC(=O)N2CC=C(c3ncnc4[nH]c5c(c34)CCC5)CC2)c1. The summed E-state index contributed by atoms with van der Waals surface area (Å²) in [6.45, 7) is 1.08. The van der Waals surface area contributed by atoms with Gasteiger partial charge in [0, 0.05) is 50.0 Å². The Morgan fingerprint density at radius 2 is 2.06 bits per heavy atom. The predicted octanol–water partition coefficient (Wildman–Crippen LogP) is 3.83. The second kappa shape index (κ2) is 8.57. The van der Waals surface area contributed by atoms with E-state index in [0.29, 0.717) is 24.5 Å². The number of carbonyl (C=O) groups excluding carboxylic acids is 2. The Hall–Kier alpha value is -3.88. The Kier molecular flexibility index (Phi) is 5.45. The van der Waals surface area contributed by atoms with Crippen molar-refractivity contribution in [1.82, 2.24) is 24.8 Å². The van der Waals surface area contributed by atoms with Gasteiger partial charge in [-0.15, -0.1) is 0 Å². The number of aromatic amines is 1. The average Bonchev–Trinajstić information content (AvgIpc) is 3.40. The Bertz CT molecular complexity index is 1260. The molecule has 9 heteroatoms. The fourth-order valence-corrected chi connectivity index (χ4v) is 4.41. The molecule has 3 aromatic rings. The molecule has 170 valence electrons. The van der Waals surface area contributed by atoms with Crippen molar-refractivity contribution in [2.24, 2.45) is 0 Å². The minimum Gasteiger partial charge on any atom is -0.410 e. The smallest absolute Gasteiger partial charge is 0.410 e. The number of nitrogens with zero attached hydrogens (tertiary/aromatic N) is 4. The van der Waals surface area contributed by atoms with E-state index in [2.05, 4.69) is 26.3 Å². The molecule has 3 heterocycles. The van der Waals surface area contributed by atoms with Gasteiger partial charge in [-0.1, -0.05) is 12.1 Å². The molecule has 3 amide bonds. The third kappa shape index (κ3) is 4.13. The van der Waals surface area contributed by atoms with Crippen molar-refractivity contribution in [2.45, 2.75) is 25.7 Å². The number of urea groups is 1. The lowest BCUT2D eigenvalue weighted by Gasteiger charge is -2.27. The summed E-state index contributed by atoms with van der Waals surface area (Å²) in [5.74, 6) is 0.374. The topological polar surface area (TPSA) is 103 Å². The van der Waals surface area contributed by atoms with Gasteiger partial charge < -0.3 is 24.8 Å². The lowest BCUT2D eigenvalue weighted by molar-refractivity contribution is 0.172. The van der Waals surface area contributed by atoms with E-state index in [1.54, 1.807) is 49.6 Å². The predicted molar refractivity (Wildman–Crippen MR) is 125 cm³/mol.